The van der Waals surface area contributed by atoms with E-state index in [1.807, 2.05) is 49.4 Å². The molecule has 0 spiro atoms. The molecular weight excluding hydrogens is 306 g/mol. The molecule has 0 atom stereocenters. The summed E-state index contributed by atoms with van der Waals surface area (Å²) in [5, 5.41) is 6.98. The lowest BCUT2D eigenvalue weighted by molar-refractivity contribution is 0.0424. The highest BCUT2D eigenvalue weighted by Gasteiger charge is 2.14. The fourth-order valence-electron chi connectivity index (χ4n) is 2.69. The van der Waals surface area contributed by atoms with E-state index < -0.39 is 5.97 Å². The largest absolute Gasteiger partial charge is 0.451 e. The smallest absolute Gasteiger partial charge is 0.355 e. The minimum absolute atomic E-state index is 0.0397. The second-order valence-electron chi connectivity index (χ2n) is 5.46. The van der Waals surface area contributed by atoms with Gasteiger partial charge in [-0.1, -0.05) is 42.4 Å². The van der Waals surface area contributed by atoms with Crippen molar-refractivity contribution in [2.24, 2.45) is 0 Å². The van der Waals surface area contributed by atoms with E-state index in [0.717, 1.165) is 21.7 Å². The number of hydrogen-bond acceptors (Lipinski definition) is 5. The van der Waals surface area contributed by atoms with Crippen LogP contribution in [0.2, 0.25) is 0 Å². The van der Waals surface area contributed by atoms with Crippen molar-refractivity contribution < 1.29 is 14.1 Å². The number of nitrogens with zero attached hydrogens (tertiary/aromatic N) is 2. The number of aryl methyl sites for hydroxylation is 1. The quantitative estimate of drug-likeness (QED) is 0.581. The van der Waals surface area contributed by atoms with Gasteiger partial charge in [-0.3, -0.25) is 0 Å². The highest BCUT2D eigenvalue weighted by Crippen LogP contribution is 2.26. The van der Waals surface area contributed by atoms with Crippen LogP contribution < -0.4 is 0 Å². The number of aromatic amines is 1. The summed E-state index contributed by atoms with van der Waals surface area (Å²) in [7, 11) is 0. The molecule has 1 N–H and O–H groups in total. The topological polar surface area (TPSA) is 81.0 Å². The third-order valence-corrected chi connectivity index (χ3v) is 3.90. The number of benzene rings is 2. The lowest BCUT2D eigenvalue weighted by Gasteiger charge is -1.98. The number of esters is 1. The number of carbonyl (C=O) groups is 1. The van der Waals surface area contributed by atoms with Gasteiger partial charge >= 0.3 is 5.97 Å². The lowest BCUT2D eigenvalue weighted by atomic mass is 10.1. The Hall–Kier alpha value is -3.15. The second-order valence-corrected chi connectivity index (χ2v) is 5.46. The summed E-state index contributed by atoms with van der Waals surface area (Å²) in [5.41, 5.74) is 1.29. The van der Waals surface area contributed by atoms with Crippen molar-refractivity contribution in [2.45, 2.75) is 20.0 Å². The van der Waals surface area contributed by atoms with E-state index in [2.05, 4.69) is 15.1 Å². The molecule has 2 heterocycles. The van der Waals surface area contributed by atoms with Gasteiger partial charge in [0.05, 0.1) is 0 Å². The Bertz CT molecular complexity index is 1030. The Morgan fingerprint density at radius 2 is 2.08 bits per heavy atom. The minimum atomic E-state index is -0.452. The average Bonchev–Trinajstić information content (AvgIpc) is 3.26. The summed E-state index contributed by atoms with van der Waals surface area (Å²) in [4.78, 5) is 19.5. The molecular formula is C18H15N3O3. The van der Waals surface area contributed by atoms with Crippen molar-refractivity contribution in [3.63, 3.8) is 0 Å². The second kappa shape index (κ2) is 5.81. The SMILES string of the molecule is CCc1noc(COC(=O)c2cc3c(ccc4ccccc43)[nH]2)n1. The molecule has 2 aromatic carbocycles. The number of rotatable bonds is 4. The molecule has 0 aliphatic rings. The molecule has 6 nitrogen and oxygen atoms in total. The maximum atomic E-state index is 12.3. The Morgan fingerprint density at radius 3 is 2.92 bits per heavy atom. The number of nitrogens with one attached hydrogen (secondary N) is 1. The van der Waals surface area contributed by atoms with Crippen LogP contribution in [0.4, 0.5) is 0 Å². The standard InChI is InChI=1S/C18H15N3O3/c1-2-16-20-17(24-21-16)10-23-18(22)15-9-13-12-6-4-3-5-11(12)7-8-14(13)19-15/h3-9,19H,2,10H2,1H3. The summed E-state index contributed by atoms with van der Waals surface area (Å²) in [6, 6.07) is 13.8. The van der Waals surface area contributed by atoms with Crippen LogP contribution in [0, 0.1) is 0 Å². The van der Waals surface area contributed by atoms with Gasteiger partial charge in [-0.05, 0) is 22.9 Å². The van der Waals surface area contributed by atoms with E-state index in [9.17, 15) is 4.79 Å². The van der Waals surface area contributed by atoms with E-state index in [0.29, 0.717) is 23.8 Å². The first-order valence-electron chi connectivity index (χ1n) is 7.73. The summed E-state index contributed by atoms with van der Waals surface area (Å²) < 4.78 is 10.3. The first-order chi connectivity index (χ1) is 11.7. The number of carbonyl (C=O) groups excluding carboxylic acids is 1. The Kier molecular flexibility index (Phi) is 3.49. The Labute approximate surface area is 137 Å². The minimum Gasteiger partial charge on any atom is -0.451 e. The van der Waals surface area contributed by atoms with Crippen LogP contribution in [0.1, 0.15) is 29.1 Å². The summed E-state index contributed by atoms with van der Waals surface area (Å²) in [5.74, 6) is 0.437. The first-order valence-corrected chi connectivity index (χ1v) is 7.73. The molecule has 0 saturated carbocycles. The monoisotopic (exact) mass is 321 g/mol. The number of fused-ring (bicyclic) bond motifs is 3. The molecule has 24 heavy (non-hydrogen) atoms. The van der Waals surface area contributed by atoms with Gasteiger partial charge in [0.2, 0.25) is 0 Å². The van der Waals surface area contributed by atoms with Crippen molar-refractivity contribution in [3.05, 3.63) is 59.9 Å². The Balaban J connectivity index is 1.59. The highest BCUT2D eigenvalue weighted by atomic mass is 16.6. The molecule has 0 unspecified atom stereocenters. The van der Waals surface area contributed by atoms with E-state index in [1.165, 1.54) is 0 Å². The summed E-state index contributed by atoms with van der Waals surface area (Å²) >= 11 is 0. The molecule has 0 aliphatic heterocycles. The lowest BCUT2D eigenvalue weighted by Crippen LogP contribution is -2.05. The van der Waals surface area contributed by atoms with Crippen LogP contribution in [0.5, 0.6) is 0 Å². The summed E-state index contributed by atoms with van der Waals surface area (Å²) in [6.07, 6.45) is 0.673. The van der Waals surface area contributed by atoms with Gasteiger partial charge in [0.15, 0.2) is 12.4 Å². The van der Waals surface area contributed by atoms with Gasteiger partial charge in [-0.2, -0.15) is 4.98 Å². The van der Waals surface area contributed by atoms with E-state index in [1.54, 1.807) is 0 Å². The molecule has 4 rings (SSSR count). The van der Waals surface area contributed by atoms with Gasteiger partial charge in [-0.25, -0.2) is 4.79 Å². The van der Waals surface area contributed by atoms with Crippen molar-refractivity contribution in [2.75, 3.05) is 0 Å². The van der Waals surface area contributed by atoms with Crippen molar-refractivity contribution in [1.29, 1.82) is 0 Å². The van der Waals surface area contributed by atoms with Gasteiger partial charge in [0.1, 0.15) is 5.69 Å². The van der Waals surface area contributed by atoms with Crippen LogP contribution >= 0.6 is 0 Å². The zero-order valence-corrected chi connectivity index (χ0v) is 13.1. The predicted molar refractivity (Wildman–Crippen MR) is 88.6 cm³/mol. The third kappa shape index (κ3) is 2.52. The first kappa shape index (κ1) is 14.4. The third-order valence-electron chi connectivity index (χ3n) is 3.90. The Morgan fingerprint density at radius 1 is 1.21 bits per heavy atom. The highest BCUT2D eigenvalue weighted by molar-refractivity contribution is 6.09. The fraction of sp³-hybridized carbons (Fsp3) is 0.167. The van der Waals surface area contributed by atoms with Gasteiger partial charge < -0.3 is 14.2 Å². The van der Waals surface area contributed by atoms with Crippen LogP contribution in [0.25, 0.3) is 21.7 Å². The number of hydrogen-bond donors (Lipinski definition) is 1. The molecule has 0 fully saturated rings. The maximum Gasteiger partial charge on any atom is 0.355 e. The van der Waals surface area contributed by atoms with Crippen LogP contribution in [0.15, 0.2) is 47.0 Å². The van der Waals surface area contributed by atoms with Crippen LogP contribution in [-0.2, 0) is 17.8 Å². The molecule has 4 aromatic rings. The van der Waals surface area contributed by atoms with Gasteiger partial charge in [0.25, 0.3) is 5.89 Å². The summed E-state index contributed by atoms with van der Waals surface area (Å²) in [6.45, 7) is 1.89. The molecule has 2 aromatic heterocycles. The van der Waals surface area contributed by atoms with E-state index in [4.69, 9.17) is 9.26 Å². The maximum absolute atomic E-state index is 12.3. The van der Waals surface area contributed by atoms with E-state index >= 15 is 0 Å². The van der Waals surface area contributed by atoms with Crippen LogP contribution in [0.3, 0.4) is 0 Å². The fourth-order valence-corrected chi connectivity index (χ4v) is 2.69. The molecule has 0 aliphatic carbocycles. The molecule has 0 saturated heterocycles. The van der Waals surface area contributed by atoms with Crippen molar-refractivity contribution in [1.82, 2.24) is 15.1 Å². The van der Waals surface area contributed by atoms with E-state index in [-0.39, 0.29) is 6.61 Å². The van der Waals surface area contributed by atoms with Gasteiger partial charge in [-0.15, -0.1) is 0 Å². The molecule has 120 valence electrons. The number of ether oxygens (including phenoxy) is 1. The van der Waals surface area contributed by atoms with Crippen molar-refractivity contribution >= 4 is 27.6 Å². The molecule has 0 bridgehead atoms. The average molecular weight is 321 g/mol. The van der Waals surface area contributed by atoms with Gasteiger partial charge in [0, 0.05) is 17.3 Å². The molecule has 0 radical (unpaired) electrons. The van der Waals surface area contributed by atoms with Crippen LogP contribution in [-0.4, -0.2) is 21.1 Å². The number of aromatic nitrogens is 3. The predicted octanol–water partition coefficient (Wildman–Crippen LogP) is 3.62. The van der Waals surface area contributed by atoms with Crippen molar-refractivity contribution in [3.8, 4) is 0 Å². The molecule has 6 heteroatoms. The zero-order valence-electron chi connectivity index (χ0n) is 13.1. The zero-order chi connectivity index (χ0) is 16.5. The normalized spacial score (nSPS) is 11.2. The molecule has 0 amide bonds. The number of H-pyrrole nitrogens is 1.